The van der Waals surface area contributed by atoms with E-state index in [1.807, 2.05) is 0 Å². The summed E-state index contributed by atoms with van der Waals surface area (Å²) in [5.41, 5.74) is 3.09. The molecule has 0 aromatic heterocycles. The van der Waals surface area contributed by atoms with Crippen LogP contribution in [0.1, 0.15) is 30.4 Å². The summed E-state index contributed by atoms with van der Waals surface area (Å²) < 4.78 is 0. The smallest absolute Gasteiger partial charge is 0.0432 e. The molecule has 1 fully saturated rings. The minimum atomic E-state index is 0.299. The van der Waals surface area contributed by atoms with Gasteiger partial charge in [-0.1, -0.05) is 29.8 Å². The Morgan fingerprint density at radius 3 is 2.15 bits per heavy atom. The molecule has 0 amide bonds. The summed E-state index contributed by atoms with van der Waals surface area (Å²) in [5, 5.41) is 3.45. The van der Waals surface area contributed by atoms with Crippen molar-refractivity contribution in [1.82, 2.24) is 5.32 Å². The van der Waals surface area contributed by atoms with E-state index in [0.29, 0.717) is 5.54 Å². The average molecular weight is 175 g/mol. The highest BCUT2D eigenvalue weighted by atomic mass is 15.0. The Hall–Kier alpha value is -0.820. The van der Waals surface area contributed by atoms with Crippen molar-refractivity contribution >= 4 is 0 Å². The van der Waals surface area contributed by atoms with Gasteiger partial charge in [0.25, 0.3) is 0 Å². The van der Waals surface area contributed by atoms with E-state index in [1.165, 1.54) is 30.4 Å². The van der Waals surface area contributed by atoms with E-state index in [1.54, 1.807) is 0 Å². The number of hydrogen-bond donors (Lipinski definition) is 1. The highest BCUT2D eigenvalue weighted by Gasteiger charge is 2.36. The molecule has 70 valence electrons. The number of nitrogens with one attached hydrogen (secondary N) is 1. The van der Waals surface area contributed by atoms with Crippen LogP contribution in [0.4, 0.5) is 0 Å². The molecular formula is C12H17N. The summed E-state index contributed by atoms with van der Waals surface area (Å²) in [4.78, 5) is 0. The van der Waals surface area contributed by atoms with Crippen LogP contribution in [-0.4, -0.2) is 7.05 Å². The highest BCUT2D eigenvalue weighted by Crippen LogP contribution is 2.40. The molecule has 1 aliphatic rings. The van der Waals surface area contributed by atoms with Crippen LogP contribution in [0.3, 0.4) is 0 Å². The first kappa shape index (κ1) is 8.76. The van der Waals surface area contributed by atoms with Gasteiger partial charge < -0.3 is 5.32 Å². The first-order valence-electron chi connectivity index (χ1n) is 5.03. The maximum Gasteiger partial charge on any atom is 0.0432 e. The molecule has 1 heteroatoms. The van der Waals surface area contributed by atoms with Gasteiger partial charge in [-0.25, -0.2) is 0 Å². The zero-order chi connectivity index (χ0) is 9.31. The van der Waals surface area contributed by atoms with Gasteiger partial charge in [-0.2, -0.15) is 0 Å². The van der Waals surface area contributed by atoms with Gasteiger partial charge in [0.1, 0.15) is 0 Å². The molecule has 0 atom stereocenters. The number of hydrogen-bond acceptors (Lipinski definition) is 1. The number of aryl methyl sites for hydroxylation is 1. The molecule has 1 aliphatic carbocycles. The third kappa shape index (κ3) is 1.37. The Kier molecular flexibility index (Phi) is 2.12. The predicted octanol–water partition coefficient (Wildman–Crippen LogP) is 2.59. The van der Waals surface area contributed by atoms with Crippen molar-refractivity contribution in [2.75, 3.05) is 7.05 Å². The Morgan fingerprint density at radius 1 is 1.15 bits per heavy atom. The van der Waals surface area contributed by atoms with Crippen molar-refractivity contribution in [2.24, 2.45) is 0 Å². The van der Waals surface area contributed by atoms with E-state index < -0.39 is 0 Å². The minimum absolute atomic E-state index is 0.299. The second-order valence-corrected chi connectivity index (χ2v) is 4.05. The topological polar surface area (TPSA) is 12.0 Å². The van der Waals surface area contributed by atoms with Crippen LogP contribution < -0.4 is 5.32 Å². The van der Waals surface area contributed by atoms with E-state index >= 15 is 0 Å². The van der Waals surface area contributed by atoms with Crippen LogP contribution in [-0.2, 0) is 5.54 Å². The molecule has 0 saturated heterocycles. The fraction of sp³-hybridized carbons (Fsp3) is 0.500. The van der Waals surface area contributed by atoms with Crippen molar-refractivity contribution in [2.45, 2.75) is 31.7 Å². The van der Waals surface area contributed by atoms with Crippen LogP contribution >= 0.6 is 0 Å². The molecule has 2 rings (SSSR count). The Bertz CT molecular complexity index is 277. The highest BCUT2D eigenvalue weighted by molar-refractivity contribution is 5.29. The monoisotopic (exact) mass is 175 g/mol. The zero-order valence-electron chi connectivity index (χ0n) is 8.43. The van der Waals surface area contributed by atoms with Gasteiger partial charge in [0.2, 0.25) is 0 Å². The lowest BCUT2D eigenvalue weighted by Gasteiger charge is -2.42. The van der Waals surface area contributed by atoms with Crippen LogP contribution in [0.25, 0.3) is 0 Å². The molecule has 0 unspecified atom stereocenters. The summed E-state index contributed by atoms with van der Waals surface area (Å²) in [6.07, 6.45) is 3.92. The van der Waals surface area contributed by atoms with Crippen molar-refractivity contribution in [3.63, 3.8) is 0 Å². The maximum absolute atomic E-state index is 3.45. The maximum atomic E-state index is 3.45. The molecule has 0 aliphatic heterocycles. The van der Waals surface area contributed by atoms with Crippen LogP contribution in [0, 0.1) is 6.92 Å². The molecule has 0 radical (unpaired) electrons. The van der Waals surface area contributed by atoms with Gasteiger partial charge in [-0.3, -0.25) is 0 Å². The molecule has 1 N–H and O–H groups in total. The van der Waals surface area contributed by atoms with Crippen LogP contribution in [0.2, 0.25) is 0 Å². The lowest BCUT2D eigenvalue weighted by atomic mass is 9.72. The summed E-state index contributed by atoms with van der Waals surface area (Å²) in [7, 11) is 2.07. The fourth-order valence-electron chi connectivity index (χ4n) is 2.09. The van der Waals surface area contributed by atoms with E-state index in [0.717, 1.165) is 0 Å². The number of rotatable bonds is 2. The van der Waals surface area contributed by atoms with E-state index in [-0.39, 0.29) is 0 Å². The van der Waals surface area contributed by atoms with Crippen LogP contribution in [0.15, 0.2) is 24.3 Å². The molecule has 0 spiro atoms. The fourth-order valence-corrected chi connectivity index (χ4v) is 2.09. The van der Waals surface area contributed by atoms with Gasteiger partial charge in [0, 0.05) is 5.54 Å². The quantitative estimate of drug-likeness (QED) is 0.728. The average Bonchev–Trinajstić information content (AvgIpc) is 2.07. The van der Waals surface area contributed by atoms with Crippen molar-refractivity contribution < 1.29 is 0 Å². The Morgan fingerprint density at radius 2 is 1.77 bits per heavy atom. The van der Waals surface area contributed by atoms with Crippen LogP contribution in [0.5, 0.6) is 0 Å². The zero-order valence-corrected chi connectivity index (χ0v) is 8.43. The standard InChI is InChI=1S/C12H17N/c1-10-4-6-11(7-5-10)12(13-2)8-3-9-12/h4-7,13H,3,8-9H2,1-2H3. The normalized spacial score (nSPS) is 19.5. The van der Waals surface area contributed by atoms with Crippen molar-refractivity contribution in [3.8, 4) is 0 Å². The van der Waals surface area contributed by atoms with E-state index in [2.05, 4.69) is 43.6 Å². The lowest BCUT2D eigenvalue weighted by Crippen LogP contribution is -2.45. The van der Waals surface area contributed by atoms with E-state index in [4.69, 9.17) is 0 Å². The van der Waals surface area contributed by atoms with Gasteiger partial charge >= 0.3 is 0 Å². The molecule has 1 aromatic rings. The molecule has 0 bridgehead atoms. The van der Waals surface area contributed by atoms with Crippen molar-refractivity contribution in [1.29, 1.82) is 0 Å². The summed E-state index contributed by atoms with van der Waals surface area (Å²) >= 11 is 0. The van der Waals surface area contributed by atoms with Gasteiger partial charge in [0.05, 0.1) is 0 Å². The van der Waals surface area contributed by atoms with E-state index in [9.17, 15) is 0 Å². The number of benzene rings is 1. The Labute approximate surface area is 80.2 Å². The predicted molar refractivity (Wildman–Crippen MR) is 55.8 cm³/mol. The minimum Gasteiger partial charge on any atom is -0.310 e. The van der Waals surface area contributed by atoms with Crippen molar-refractivity contribution in [3.05, 3.63) is 35.4 Å². The third-order valence-electron chi connectivity index (χ3n) is 3.29. The molecular weight excluding hydrogens is 158 g/mol. The Balaban J connectivity index is 2.28. The van der Waals surface area contributed by atoms with Gasteiger partial charge in [-0.05, 0) is 38.8 Å². The SMILES string of the molecule is CNC1(c2ccc(C)cc2)CCC1. The molecule has 13 heavy (non-hydrogen) atoms. The first-order valence-corrected chi connectivity index (χ1v) is 5.03. The second-order valence-electron chi connectivity index (χ2n) is 4.05. The largest absolute Gasteiger partial charge is 0.310 e. The lowest BCUT2D eigenvalue weighted by molar-refractivity contribution is 0.201. The second kappa shape index (κ2) is 3.15. The third-order valence-corrected chi connectivity index (χ3v) is 3.29. The summed E-state index contributed by atoms with van der Waals surface area (Å²) in [6, 6.07) is 8.91. The molecule has 0 heterocycles. The first-order chi connectivity index (χ1) is 6.27. The molecule has 1 aromatic carbocycles. The summed E-state index contributed by atoms with van der Waals surface area (Å²) in [5.74, 6) is 0. The molecule has 1 nitrogen and oxygen atoms in total. The molecule has 1 saturated carbocycles. The van der Waals surface area contributed by atoms with Gasteiger partial charge in [0.15, 0.2) is 0 Å². The summed E-state index contributed by atoms with van der Waals surface area (Å²) in [6.45, 7) is 2.14. The van der Waals surface area contributed by atoms with Gasteiger partial charge in [-0.15, -0.1) is 0 Å².